The van der Waals surface area contributed by atoms with Gasteiger partial charge in [-0.3, -0.25) is 0 Å². The molecular weight excluding hydrogens is 160 g/mol. The largest absolute Gasteiger partial charge is 0.330 e. The van der Waals surface area contributed by atoms with E-state index in [0.29, 0.717) is 0 Å². The maximum Gasteiger partial charge on any atom is 0.0105 e. The van der Waals surface area contributed by atoms with Crippen molar-refractivity contribution < 1.29 is 0 Å². The lowest BCUT2D eigenvalue weighted by Gasteiger charge is -2.26. The van der Waals surface area contributed by atoms with Gasteiger partial charge in [-0.25, -0.2) is 0 Å². The summed E-state index contributed by atoms with van der Waals surface area (Å²) in [4.78, 5) is 2.64. The Morgan fingerprint density at radius 2 is 2.23 bits per heavy atom. The molecule has 0 aromatic heterocycles. The van der Waals surface area contributed by atoms with E-state index in [1.54, 1.807) is 0 Å². The molecule has 1 aliphatic heterocycles. The number of hydrogen-bond donors (Lipinski definition) is 1. The summed E-state index contributed by atoms with van der Waals surface area (Å²) < 4.78 is 0. The van der Waals surface area contributed by atoms with Gasteiger partial charge < -0.3 is 10.6 Å². The third-order valence-electron chi connectivity index (χ3n) is 3.38. The minimum atomic E-state index is 0.751. The molecule has 2 unspecified atom stereocenters. The second kappa shape index (κ2) is 5.61. The van der Waals surface area contributed by atoms with Gasteiger partial charge in [0.05, 0.1) is 0 Å². The molecule has 78 valence electrons. The van der Waals surface area contributed by atoms with Gasteiger partial charge >= 0.3 is 0 Å². The van der Waals surface area contributed by atoms with E-state index in [4.69, 9.17) is 5.73 Å². The van der Waals surface area contributed by atoms with Crippen LogP contribution in [-0.2, 0) is 0 Å². The van der Waals surface area contributed by atoms with Gasteiger partial charge in [0.2, 0.25) is 0 Å². The quantitative estimate of drug-likeness (QED) is 0.706. The van der Waals surface area contributed by atoms with E-state index >= 15 is 0 Å². The molecule has 2 atom stereocenters. The molecular formula is C11H24N2. The second-order valence-corrected chi connectivity index (χ2v) is 4.20. The average Bonchev–Trinajstić information content (AvgIpc) is 2.62. The topological polar surface area (TPSA) is 29.3 Å². The molecule has 1 aliphatic rings. The summed E-state index contributed by atoms with van der Waals surface area (Å²) in [5.41, 5.74) is 5.61. The number of hydrogen-bond acceptors (Lipinski definition) is 2. The number of rotatable bonds is 5. The normalized spacial score (nSPS) is 26.5. The minimum Gasteiger partial charge on any atom is -0.330 e. The van der Waals surface area contributed by atoms with Crippen LogP contribution in [0.2, 0.25) is 0 Å². The Balaban J connectivity index is 2.33. The molecule has 1 rings (SSSR count). The van der Waals surface area contributed by atoms with Gasteiger partial charge in [0, 0.05) is 12.6 Å². The first kappa shape index (κ1) is 11.0. The Bertz CT molecular complexity index is 136. The van der Waals surface area contributed by atoms with Gasteiger partial charge in [0.1, 0.15) is 0 Å². The molecule has 0 aromatic carbocycles. The molecule has 1 fully saturated rings. The van der Waals surface area contributed by atoms with Crippen LogP contribution in [-0.4, -0.2) is 30.6 Å². The Morgan fingerprint density at radius 1 is 1.46 bits per heavy atom. The summed E-state index contributed by atoms with van der Waals surface area (Å²) in [5.74, 6) is 0.951. The zero-order valence-electron chi connectivity index (χ0n) is 9.13. The molecule has 0 radical (unpaired) electrons. The first-order chi connectivity index (χ1) is 6.31. The summed E-state index contributed by atoms with van der Waals surface area (Å²) in [6, 6.07) is 0.751. The van der Waals surface area contributed by atoms with Gasteiger partial charge in [-0.15, -0.1) is 0 Å². The summed E-state index contributed by atoms with van der Waals surface area (Å²) in [6.07, 6.45) is 5.17. The molecule has 1 heterocycles. The molecule has 13 heavy (non-hydrogen) atoms. The molecule has 0 bridgehead atoms. The van der Waals surface area contributed by atoms with Crippen LogP contribution in [0.1, 0.15) is 39.5 Å². The standard InChI is InChI=1S/C11H24N2/c1-3-10-6-8-13(9-10)11(4-2)5-7-12/h10-11H,3-9,12H2,1-2H3. The molecule has 2 nitrogen and oxygen atoms in total. The highest BCUT2D eigenvalue weighted by atomic mass is 15.2. The predicted octanol–water partition coefficient (Wildman–Crippen LogP) is 1.85. The predicted molar refractivity (Wildman–Crippen MR) is 57.7 cm³/mol. The van der Waals surface area contributed by atoms with Crippen LogP contribution < -0.4 is 5.73 Å². The lowest BCUT2D eigenvalue weighted by atomic mass is 10.1. The Morgan fingerprint density at radius 3 is 2.69 bits per heavy atom. The fraction of sp³-hybridized carbons (Fsp3) is 1.00. The zero-order valence-corrected chi connectivity index (χ0v) is 9.13. The monoisotopic (exact) mass is 184 g/mol. The van der Waals surface area contributed by atoms with Crippen molar-refractivity contribution >= 4 is 0 Å². The van der Waals surface area contributed by atoms with E-state index < -0.39 is 0 Å². The fourth-order valence-electron chi connectivity index (χ4n) is 2.36. The molecule has 0 amide bonds. The van der Waals surface area contributed by atoms with Crippen LogP contribution in [0.15, 0.2) is 0 Å². The van der Waals surface area contributed by atoms with Crippen molar-refractivity contribution in [1.82, 2.24) is 4.90 Å². The maximum absolute atomic E-state index is 5.61. The van der Waals surface area contributed by atoms with Gasteiger partial charge in [0.15, 0.2) is 0 Å². The van der Waals surface area contributed by atoms with Crippen LogP contribution in [0, 0.1) is 5.92 Å². The molecule has 2 heteroatoms. The SMILES string of the molecule is CCC1CCN(C(CC)CCN)C1. The first-order valence-corrected chi connectivity index (χ1v) is 5.75. The van der Waals surface area contributed by atoms with E-state index in [9.17, 15) is 0 Å². The molecule has 0 spiro atoms. The van der Waals surface area contributed by atoms with Crippen molar-refractivity contribution in [2.45, 2.75) is 45.6 Å². The van der Waals surface area contributed by atoms with Crippen molar-refractivity contribution in [3.8, 4) is 0 Å². The van der Waals surface area contributed by atoms with Gasteiger partial charge in [-0.1, -0.05) is 20.3 Å². The number of nitrogens with two attached hydrogens (primary N) is 1. The molecule has 0 aliphatic carbocycles. The lowest BCUT2D eigenvalue weighted by Crippen LogP contribution is -2.34. The van der Waals surface area contributed by atoms with Crippen LogP contribution >= 0.6 is 0 Å². The van der Waals surface area contributed by atoms with E-state index in [-0.39, 0.29) is 0 Å². The molecule has 2 N–H and O–H groups in total. The smallest absolute Gasteiger partial charge is 0.0105 e. The van der Waals surface area contributed by atoms with Crippen LogP contribution in [0.4, 0.5) is 0 Å². The number of likely N-dealkylation sites (tertiary alicyclic amines) is 1. The fourth-order valence-corrected chi connectivity index (χ4v) is 2.36. The molecule has 0 saturated carbocycles. The minimum absolute atomic E-state index is 0.751. The Kier molecular flexibility index (Phi) is 4.74. The van der Waals surface area contributed by atoms with Crippen LogP contribution in [0.5, 0.6) is 0 Å². The first-order valence-electron chi connectivity index (χ1n) is 5.75. The van der Waals surface area contributed by atoms with Crippen LogP contribution in [0.25, 0.3) is 0 Å². The highest BCUT2D eigenvalue weighted by Gasteiger charge is 2.25. The van der Waals surface area contributed by atoms with Crippen molar-refractivity contribution in [2.24, 2.45) is 11.7 Å². The summed E-state index contributed by atoms with van der Waals surface area (Å²) >= 11 is 0. The third-order valence-corrected chi connectivity index (χ3v) is 3.38. The van der Waals surface area contributed by atoms with Gasteiger partial charge in [-0.05, 0) is 38.3 Å². The Labute approximate surface area is 82.5 Å². The number of nitrogens with zero attached hydrogens (tertiary/aromatic N) is 1. The average molecular weight is 184 g/mol. The van der Waals surface area contributed by atoms with E-state index in [1.165, 1.54) is 38.8 Å². The third kappa shape index (κ3) is 2.96. The summed E-state index contributed by atoms with van der Waals surface area (Å²) in [7, 11) is 0. The summed E-state index contributed by atoms with van der Waals surface area (Å²) in [5, 5.41) is 0. The van der Waals surface area contributed by atoms with E-state index in [0.717, 1.165) is 18.5 Å². The van der Waals surface area contributed by atoms with E-state index in [1.807, 2.05) is 0 Å². The second-order valence-electron chi connectivity index (χ2n) is 4.20. The van der Waals surface area contributed by atoms with Crippen molar-refractivity contribution in [2.75, 3.05) is 19.6 Å². The van der Waals surface area contributed by atoms with Crippen LogP contribution in [0.3, 0.4) is 0 Å². The van der Waals surface area contributed by atoms with E-state index in [2.05, 4.69) is 18.7 Å². The maximum atomic E-state index is 5.61. The molecule has 0 aromatic rings. The highest BCUT2D eigenvalue weighted by molar-refractivity contribution is 4.80. The van der Waals surface area contributed by atoms with Gasteiger partial charge in [0.25, 0.3) is 0 Å². The van der Waals surface area contributed by atoms with Gasteiger partial charge in [-0.2, -0.15) is 0 Å². The highest BCUT2D eigenvalue weighted by Crippen LogP contribution is 2.23. The summed E-state index contributed by atoms with van der Waals surface area (Å²) in [6.45, 7) is 8.04. The Hall–Kier alpha value is -0.0800. The lowest BCUT2D eigenvalue weighted by molar-refractivity contribution is 0.218. The van der Waals surface area contributed by atoms with Crippen molar-refractivity contribution in [1.29, 1.82) is 0 Å². The van der Waals surface area contributed by atoms with Crippen molar-refractivity contribution in [3.63, 3.8) is 0 Å². The zero-order chi connectivity index (χ0) is 9.68. The van der Waals surface area contributed by atoms with Crippen molar-refractivity contribution in [3.05, 3.63) is 0 Å². The molecule has 1 saturated heterocycles.